The van der Waals surface area contributed by atoms with Crippen molar-refractivity contribution >= 4 is 11.7 Å². The predicted molar refractivity (Wildman–Crippen MR) is 45.9 cm³/mol. The van der Waals surface area contributed by atoms with Gasteiger partial charge in [-0.05, 0) is 0 Å². The summed E-state index contributed by atoms with van der Waals surface area (Å²) in [6, 6.07) is 0. The average Bonchev–Trinajstić information content (AvgIpc) is 2.57. The maximum absolute atomic E-state index is 5.61. The molecule has 0 aromatic carbocycles. The molecule has 0 saturated heterocycles. The minimum absolute atomic E-state index is 0.422. The highest BCUT2D eigenvalue weighted by molar-refractivity contribution is 6.01. The number of hydrogen-bond donors (Lipinski definition) is 2. The van der Waals surface area contributed by atoms with Gasteiger partial charge in [-0.1, -0.05) is 0 Å². The Morgan fingerprint density at radius 3 is 2.83 bits per heavy atom. The van der Waals surface area contributed by atoms with E-state index in [1.165, 1.54) is 0 Å². The summed E-state index contributed by atoms with van der Waals surface area (Å²) >= 11 is 0. The van der Waals surface area contributed by atoms with Crippen molar-refractivity contribution in [2.45, 2.75) is 0 Å². The third kappa shape index (κ3) is 1.09. The van der Waals surface area contributed by atoms with Crippen LogP contribution < -0.4 is 11.1 Å². The fraction of sp³-hybridized carbons (Fsp3) is 0.286. The number of hydrogen-bond acceptors (Lipinski definition) is 5. The van der Waals surface area contributed by atoms with Gasteiger partial charge in [-0.3, -0.25) is 4.99 Å². The second-order valence-electron chi connectivity index (χ2n) is 2.45. The molecule has 0 bridgehead atoms. The Hall–Kier alpha value is -1.65. The van der Waals surface area contributed by atoms with Crippen LogP contribution >= 0.6 is 0 Å². The third-order valence-electron chi connectivity index (χ3n) is 1.63. The molecule has 0 atom stereocenters. The number of aliphatic imine (C=N–C) groups is 1. The topological polar surface area (TPSA) is 76.2 Å². The first kappa shape index (κ1) is 7.02. The van der Waals surface area contributed by atoms with Gasteiger partial charge in [0.25, 0.3) is 0 Å². The zero-order chi connectivity index (χ0) is 8.39. The highest BCUT2D eigenvalue weighted by Gasteiger charge is 2.12. The van der Waals surface area contributed by atoms with Crippen molar-refractivity contribution < 1.29 is 0 Å². The number of aromatic nitrogens is 2. The van der Waals surface area contributed by atoms with Gasteiger partial charge >= 0.3 is 0 Å². The molecule has 0 saturated carbocycles. The van der Waals surface area contributed by atoms with Gasteiger partial charge in [-0.25, -0.2) is 9.97 Å². The molecule has 0 fully saturated rings. The lowest BCUT2D eigenvalue weighted by atomic mass is 10.4. The molecule has 0 spiro atoms. The van der Waals surface area contributed by atoms with Crippen molar-refractivity contribution in [2.75, 3.05) is 18.8 Å². The molecule has 0 unspecified atom stereocenters. The molecule has 0 amide bonds. The van der Waals surface area contributed by atoms with Crippen LogP contribution in [0.3, 0.4) is 0 Å². The van der Waals surface area contributed by atoms with E-state index in [0.29, 0.717) is 11.5 Å². The summed E-state index contributed by atoms with van der Waals surface area (Å²) in [6.07, 6.45) is 3.17. The van der Waals surface area contributed by atoms with E-state index in [4.69, 9.17) is 5.73 Å². The highest BCUT2D eigenvalue weighted by Crippen LogP contribution is 2.05. The number of nitrogen functional groups attached to an aromatic ring is 1. The molecule has 1 aromatic rings. The molecule has 12 heavy (non-hydrogen) atoms. The number of anilines is 1. The molecular weight excluding hydrogens is 154 g/mol. The first-order valence-corrected chi connectivity index (χ1v) is 3.73. The molecular formula is C7H9N5. The molecule has 1 aliphatic heterocycles. The summed E-state index contributed by atoms with van der Waals surface area (Å²) < 4.78 is 0. The van der Waals surface area contributed by atoms with Crippen LogP contribution in [0.25, 0.3) is 0 Å². The standard InChI is InChI=1S/C7H9N5/c8-6-5(9-1-2-10-6)7-11-3-4-12-7/h1-2H,3-4H2,(H2,8,10)(H,11,12). The smallest absolute Gasteiger partial charge is 0.153 e. The Morgan fingerprint density at radius 1 is 1.33 bits per heavy atom. The van der Waals surface area contributed by atoms with Crippen LogP contribution in [-0.4, -0.2) is 28.9 Å². The van der Waals surface area contributed by atoms with Gasteiger partial charge in [0, 0.05) is 18.9 Å². The van der Waals surface area contributed by atoms with E-state index >= 15 is 0 Å². The van der Waals surface area contributed by atoms with Crippen LogP contribution in [0.5, 0.6) is 0 Å². The lowest BCUT2D eigenvalue weighted by Gasteiger charge is -2.02. The second kappa shape index (κ2) is 2.77. The summed E-state index contributed by atoms with van der Waals surface area (Å²) in [5.41, 5.74) is 6.25. The van der Waals surface area contributed by atoms with Gasteiger partial charge in [0.15, 0.2) is 11.7 Å². The first-order chi connectivity index (χ1) is 5.88. The average molecular weight is 163 g/mol. The Kier molecular flexibility index (Phi) is 1.62. The van der Waals surface area contributed by atoms with E-state index in [9.17, 15) is 0 Å². The molecule has 62 valence electrons. The number of nitrogens with one attached hydrogen (secondary N) is 1. The number of amidine groups is 1. The Labute approximate surface area is 69.7 Å². The number of nitrogens with zero attached hydrogens (tertiary/aromatic N) is 3. The summed E-state index contributed by atoms with van der Waals surface area (Å²) in [7, 11) is 0. The molecule has 0 radical (unpaired) electrons. The van der Waals surface area contributed by atoms with Crippen molar-refractivity contribution in [3.63, 3.8) is 0 Å². The molecule has 5 heteroatoms. The monoisotopic (exact) mass is 163 g/mol. The van der Waals surface area contributed by atoms with Gasteiger partial charge in [-0.15, -0.1) is 0 Å². The van der Waals surface area contributed by atoms with Crippen molar-refractivity contribution in [3.8, 4) is 0 Å². The fourth-order valence-electron chi connectivity index (χ4n) is 1.09. The quantitative estimate of drug-likeness (QED) is 0.580. The van der Waals surface area contributed by atoms with Crippen molar-refractivity contribution in [1.82, 2.24) is 15.3 Å². The van der Waals surface area contributed by atoms with Crippen LogP contribution in [0, 0.1) is 0 Å². The van der Waals surface area contributed by atoms with E-state index in [2.05, 4.69) is 20.3 Å². The molecule has 0 aliphatic carbocycles. The second-order valence-corrected chi connectivity index (χ2v) is 2.45. The normalized spacial score (nSPS) is 15.5. The number of rotatable bonds is 1. The Bertz CT molecular complexity index is 319. The Balaban J connectivity index is 2.39. The molecule has 1 aromatic heterocycles. The van der Waals surface area contributed by atoms with E-state index in [0.717, 1.165) is 18.9 Å². The summed E-state index contributed by atoms with van der Waals surface area (Å²) in [5, 5.41) is 3.08. The van der Waals surface area contributed by atoms with Crippen molar-refractivity contribution in [2.24, 2.45) is 4.99 Å². The highest BCUT2D eigenvalue weighted by atomic mass is 15.1. The lowest BCUT2D eigenvalue weighted by Crippen LogP contribution is -2.22. The maximum atomic E-state index is 5.61. The fourth-order valence-corrected chi connectivity index (χ4v) is 1.09. The van der Waals surface area contributed by atoms with Gasteiger partial charge in [0.2, 0.25) is 0 Å². The summed E-state index contributed by atoms with van der Waals surface area (Å²) in [6.45, 7) is 1.64. The van der Waals surface area contributed by atoms with E-state index in [1.54, 1.807) is 12.4 Å². The zero-order valence-corrected chi connectivity index (χ0v) is 6.49. The minimum atomic E-state index is 0.422. The zero-order valence-electron chi connectivity index (χ0n) is 6.49. The summed E-state index contributed by atoms with van der Waals surface area (Å²) in [4.78, 5) is 12.2. The molecule has 2 heterocycles. The largest absolute Gasteiger partial charge is 0.382 e. The predicted octanol–water partition coefficient (Wildman–Crippen LogP) is -0.591. The SMILES string of the molecule is Nc1nccnc1C1=NCCN1. The van der Waals surface area contributed by atoms with Gasteiger partial charge in [0.05, 0.1) is 6.54 Å². The van der Waals surface area contributed by atoms with Crippen LogP contribution in [0.15, 0.2) is 17.4 Å². The van der Waals surface area contributed by atoms with Gasteiger partial charge < -0.3 is 11.1 Å². The lowest BCUT2D eigenvalue weighted by molar-refractivity contribution is 0.957. The molecule has 2 rings (SSSR count). The molecule has 5 nitrogen and oxygen atoms in total. The van der Waals surface area contributed by atoms with Crippen LogP contribution in [0.2, 0.25) is 0 Å². The van der Waals surface area contributed by atoms with E-state index < -0.39 is 0 Å². The third-order valence-corrected chi connectivity index (χ3v) is 1.63. The molecule has 1 aliphatic rings. The summed E-state index contributed by atoms with van der Waals surface area (Å²) in [5.74, 6) is 1.17. The number of nitrogens with two attached hydrogens (primary N) is 1. The van der Waals surface area contributed by atoms with Crippen LogP contribution in [0.4, 0.5) is 5.82 Å². The molecule has 3 N–H and O–H groups in total. The van der Waals surface area contributed by atoms with Crippen LogP contribution in [-0.2, 0) is 0 Å². The van der Waals surface area contributed by atoms with Gasteiger partial charge in [-0.2, -0.15) is 0 Å². The van der Waals surface area contributed by atoms with Gasteiger partial charge in [0.1, 0.15) is 5.69 Å². The maximum Gasteiger partial charge on any atom is 0.153 e. The first-order valence-electron chi connectivity index (χ1n) is 3.73. The van der Waals surface area contributed by atoms with Crippen molar-refractivity contribution in [1.29, 1.82) is 0 Å². The van der Waals surface area contributed by atoms with E-state index in [-0.39, 0.29) is 0 Å². The minimum Gasteiger partial charge on any atom is -0.382 e. The van der Waals surface area contributed by atoms with Crippen molar-refractivity contribution in [3.05, 3.63) is 18.1 Å². The van der Waals surface area contributed by atoms with E-state index in [1.807, 2.05) is 0 Å². The Morgan fingerprint density at radius 2 is 2.17 bits per heavy atom. The van der Waals surface area contributed by atoms with Crippen LogP contribution in [0.1, 0.15) is 5.69 Å².